The predicted molar refractivity (Wildman–Crippen MR) is 116 cm³/mol. The van der Waals surface area contributed by atoms with Crippen molar-refractivity contribution in [3.63, 3.8) is 0 Å². The molecule has 7 heteroatoms. The Kier molecular flexibility index (Phi) is 5.90. The van der Waals surface area contributed by atoms with E-state index >= 15 is 0 Å². The molecule has 156 valence electrons. The molecular weight excluding hydrogens is 381 g/mol. The molecule has 1 atom stereocenters. The molecule has 1 aromatic carbocycles. The zero-order valence-corrected chi connectivity index (χ0v) is 17.0. The summed E-state index contributed by atoms with van der Waals surface area (Å²) in [6.07, 6.45) is 4.51. The summed E-state index contributed by atoms with van der Waals surface area (Å²) >= 11 is 0. The van der Waals surface area contributed by atoms with E-state index < -0.39 is 0 Å². The van der Waals surface area contributed by atoms with Gasteiger partial charge in [-0.05, 0) is 48.6 Å². The van der Waals surface area contributed by atoms with Crippen molar-refractivity contribution < 1.29 is 9.23 Å². The number of hydrogen-bond donors (Lipinski definition) is 3. The molecule has 1 unspecified atom stereocenters. The summed E-state index contributed by atoms with van der Waals surface area (Å²) in [5.41, 5.74) is 11.0. The summed E-state index contributed by atoms with van der Waals surface area (Å²) < 4.78 is 14.1. The van der Waals surface area contributed by atoms with Crippen LogP contribution in [0.1, 0.15) is 31.2 Å². The van der Waals surface area contributed by atoms with E-state index in [4.69, 9.17) is 16.0 Å². The molecule has 0 amide bonds. The van der Waals surface area contributed by atoms with Crippen molar-refractivity contribution in [2.24, 2.45) is 16.8 Å². The van der Waals surface area contributed by atoms with Gasteiger partial charge in [0, 0.05) is 60.4 Å². The number of nitrogens with one attached hydrogen (secondary N) is 2. The summed E-state index contributed by atoms with van der Waals surface area (Å²) in [6, 6.07) is 8.56. The number of hydrogen-bond acceptors (Lipinski definition) is 6. The van der Waals surface area contributed by atoms with Crippen LogP contribution < -0.4 is 11.1 Å². The lowest BCUT2D eigenvalue weighted by Gasteiger charge is -2.29. The highest BCUT2D eigenvalue weighted by atomic mass is 19.1. The molecule has 30 heavy (non-hydrogen) atoms. The summed E-state index contributed by atoms with van der Waals surface area (Å²) in [5.74, 6) is 0.145. The van der Waals surface area contributed by atoms with Gasteiger partial charge in [0.2, 0.25) is 0 Å². The fourth-order valence-corrected chi connectivity index (χ4v) is 4.04. The standard InChI is InChI=1S/C23H26FN5O/c1-14(25)23-21(26)7-17(8-22(23)29-30-13-15-10-28-11-15)19-5-4-18(24)9-20(19)16-3-2-6-27-12-16/h2-6,9,12,15,17,26,28H,7-8,10-11,13,25H2,1H3/b23-14+,26-21?,29-22+. The van der Waals surface area contributed by atoms with Gasteiger partial charge in [-0.3, -0.25) is 4.98 Å². The van der Waals surface area contributed by atoms with E-state index in [1.165, 1.54) is 12.1 Å². The van der Waals surface area contributed by atoms with Crippen LogP contribution in [0.3, 0.4) is 0 Å². The highest BCUT2D eigenvalue weighted by Crippen LogP contribution is 2.38. The molecule has 4 rings (SSSR count). The third-order valence-electron chi connectivity index (χ3n) is 5.65. The largest absolute Gasteiger partial charge is 0.402 e. The van der Waals surface area contributed by atoms with E-state index in [1.807, 2.05) is 12.1 Å². The van der Waals surface area contributed by atoms with Crippen LogP contribution in [0.2, 0.25) is 0 Å². The number of oxime groups is 1. The highest BCUT2D eigenvalue weighted by molar-refractivity contribution is 6.25. The van der Waals surface area contributed by atoms with Crippen molar-refractivity contribution in [2.45, 2.75) is 25.7 Å². The second kappa shape index (κ2) is 8.75. The normalized spacial score (nSPS) is 22.7. The van der Waals surface area contributed by atoms with Gasteiger partial charge >= 0.3 is 0 Å². The molecule has 1 saturated carbocycles. The van der Waals surface area contributed by atoms with Gasteiger partial charge in [0.15, 0.2) is 0 Å². The first-order valence-corrected chi connectivity index (χ1v) is 10.2. The van der Waals surface area contributed by atoms with E-state index in [1.54, 1.807) is 25.4 Å². The van der Waals surface area contributed by atoms with Crippen molar-refractivity contribution in [2.75, 3.05) is 19.7 Å². The molecule has 1 aromatic heterocycles. The maximum Gasteiger partial charge on any atom is 0.123 e. The van der Waals surface area contributed by atoms with Crippen LogP contribution in [0.4, 0.5) is 4.39 Å². The van der Waals surface area contributed by atoms with Crippen LogP contribution in [0.25, 0.3) is 11.1 Å². The molecule has 6 nitrogen and oxygen atoms in total. The average molecular weight is 407 g/mol. The molecule has 2 fully saturated rings. The third-order valence-corrected chi connectivity index (χ3v) is 5.65. The average Bonchev–Trinajstić information content (AvgIpc) is 2.69. The molecular formula is C23H26FN5O. The lowest BCUT2D eigenvalue weighted by atomic mass is 9.76. The zero-order chi connectivity index (χ0) is 21.1. The molecule has 0 bridgehead atoms. The fourth-order valence-electron chi connectivity index (χ4n) is 4.04. The Morgan fingerprint density at radius 2 is 2.17 bits per heavy atom. The van der Waals surface area contributed by atoms with Crippen LogP contribution >= 0.6 is 0 Å². The highest BCUT2D eigenvalue weighted by Gasteiger charge is 2.31. The number of aromatic nitrogens is 1. The SMILES string of the molecule is C/C(N)=C1/C(=N)CC(c2ccc(F)cc2-c2cccnc2)C/C1=N\OCC1CNC1. The zero-order valence-electron chi connectivity index (χ0n) is 17.0. The van der Waals surface area contributed by atoms with Crippen LogP contribution in [0, 0.1) is 17.1 Å². The lowest BCUT2D eigenvalue weighted by molar-refractivity contribution is 0.0856. The van der Waals surface area contributed by atoms with Crippen LogP contribution in [-0.2, 0) is 4.84 Å². The molecule has 2 heterocycles. The number of halogens is 1. The van der Waals surface area contributed by atoms with Crippen molar-refractivity contribution in [3.05, 3.63) is 65.4 Å². The van der Waals surface area contributed by atoms with Crippen molar-refractivity contribution in [3.8, 4) is 11.1 Å². The monoisotopic (exact) mass is 407 g/mol. The third kappa shape index (κ3) is 4.26. The first-order valence-electron chi connectivity index (χ1n) is 10.2. The Balaban J connectivity index is 1.66. The minimum Gasteiger partial charge on any atom is -0.402 e. The maximum absolute atomic E-state index is 14.1. The number of allylic oxidation sites excluding steroid dienone is 2. The number of nitrogens with zero attached hydrogens (tertiary/aromatic N) is 2. The van der Waals surface area contributed by atoms with E-state index in [2.05, 4.69) is 15.5 Å². The molecule has 0 radical (unpaired) electrons. The topological polar surface area (TPSA) is 96.4 Å². The van der Waals surface area contributed by atoms with E-state index in [-0.39, 0.29) is 11.7 Å². The van der Waals surface area contributed by atoms with Crippen molar-refractivity contribution in [1.29, 1.82) is 5.41 Å². The molecule has 1 aliphatic heterocycles. The van der Waals surface area contributed by atoms with Gasteiger partial charge < -0.3 is 21.3 Å². The lowest BCUT2D eigenvalue weighted by Crippen LogP contribution is -2.44. The van der Waals surface area contributed by atoms with E-state index in [0.29, 0.717) is 48.1 Å². The minimum atomic E-state index is -0.298. The molecule has 1 aliphatic carbocycles. The fraction of sp³-hybridized carbons (Fsp3) is 0.348. The van der Waals surface area contributed by atoms with Gasteiger partial charge in [-0.2, -0.15) is 0 Å². The summed E-state index contributed by atoms with van der Waals surface area (Å²) in [5, 5.41) is 16.2. The second-order valence-corrected chi connectivity index (χ2v) is 7.97. The van der Waals surface area contributed by atoms with Crippen LogP contribution in [-0.4, -0.2) is 36.1 Å². The van der Waals surface area contributed by atoms with E-state index in [9.17, 15) is 4.39 Å². The summed E-state index contributed by atoms with van der Waals surface area (Å²) in [6.45, 7) is 4.20. The number of rotatable bonds is 5. The Morgan fingerprint density at radius 3 is 2.83 bits per heavy atom. The maximum atomic E-state index is 14.1. The second-order valence-electron chi connectivity index (χ2n) is 7.97. The van der Waals surface area contributed by atoms with Crippen LogP contribution in [0.5, 0.6) is 0 Å². The molecule has 1 saturated heterocycles. The van der Waals surface area contributed by atoms with E-state index in [0.717, 1.165) is 29.8 Å². The Labute approximate surface area is 175 Å². The number of nitrogens with two attached hydrogens (primary N) is 1. The summed E-state index contributed by atoms with van der Waals surface area (Å²) in [7, 11) is 0. The van der Waals surface area contributed by atoms with Gasteiger partial charge in [-0.15, -0.1) is 0 Å². The van der Waals surface area contributed by atoms with Crippen molar-refractivity contribution in [1.82, 2.24) is 10.3 Å². The Bertz CT molecular complexity index is 994. The predicted octanol–water partition coefficient (Wildman–Crippen LogP) is 3.61. The van der Waals surface area contributed by atoms with Crippen LogP contribution in [0.15, 0.2) is 59.2 Å². The van der Waals surface area contributed by atoms with Gasteiger partial charge in [0.1, 0.15) is 12.4 Å². The smallest absolute Gasteiger partial charge is 0.123 e. The Morgan fingerprint density at radius 1 is 1.33 bits per heavy atom. The molecule has 4 N–H and O–H groups in total. The quantitative estimate of drug-likeness (QED) is 0.660. The first-order chi connectivity index (χ1) is 14.5. The van der Waals surface area contributed by atoms with Crippen molar-refractivity contribution >= 4 is 11.4 Å². The minimum absolute atomic E-state index is 0.0240. The number of benzene rings is 1. The van der Waals surface area contributed by atoms with Gasteiger partial charge in [-0.25, -0.2) is 4.39 Å². The molecule has 2 aliphatic rings. The number of pyridine rings is 1. The first kappa shape index (κ1) is 20.2. The molecule has 0 spiro atoms. The van der Waals surface area contributed by atoms with Gasteiger partial charge in [0.25, 0.3) is 0 Å². The Hall–Kier alpha value is -3.06. The van der Waals surface area contributed by atoms with Gasteiger partial charge in [-0.1, -0.05) is 17.3 Å². The molecule has 2 aromatic rings. The van der Waals surface area contributed by atoms with Gasteiger partial charge in [0.05, 0.1) is 5.71 Å². The summed E-state index contributed by atoms with van der Waals surface area (Å²) in [4.78, 5) is 9.79.